The van der Waals surface area contributed by atoms with Crippen LogP contribution in [-0.4, -0.2) is 11.7 Å². The molecule has 0 bridgehead atoms. The fraction of sp³-hybridized carbons (Fsp3) is 0.647. The normalized spacial score (nSPS) is 30.8. The van der Waals surface area contributed by atoms with Crippen molar-refractivity contribution in [3.63, 3.8) is 0 Å². The van der Waals surface area contributed by atoms with Crippen LogP contribution in [0.15, 0.2) is 30.3 Å². The second kappa shape index (κ2) is 5.64. The summed E-state index contributed by atoms with van der Waals surface area (Å²) in [6.45, 7) is 4.94. The van der Waals surface area contributed by atoms with Crippen LogP contribution in [0.3, 0.4) is 0 Å². The van der Waals surface area contributed by atoms with Crippen molar-refractivity contribution in [3.05, 3.63) is 35.9 Å². The lowest BCUT2D eigenvalue weighted by atomic mass is 9.58. The summed E-state index contributed by atoms with van der Waals surface area (Å²) in [5.74, 6) is 0.761. The summed E-state index contributed by atoms with van der Waals surface area (Å²) in [6, 6.07) is 10.1. The molecule has 1 aromatic carbocycles. The summed E-state index contributed by atoms with van der Waals surface area (Å²) in [4.78, 5) is 0. The van der Waals surface area contributed by atoms with Gasteiger partial charge >= 0.3 is 0 Å². The zero-order valence-electron chi connectivity index (χ0n) is 12.2. The van der Waals surface area contributed by atoms with E-state index < -0.39 is 5.60 Å². The fourth-order valence-electron chi connectivity index (χ4n) is 3.70. The van der Waals surface area contributed by atoms with Crippen molar-refractivity contribution < 1.29 is 5.11 Å². The standard InChI is InChI=1S/C17H27NO/c1-3-17(19,15-7-5-4-6-8-15)16(13-18)11-9-14(2)10-12-16/h4-8,14,19H,3,9-13,18H2,1-2H3. The first-order chi connectivity index (χ1) is 9.08. The molecule has 0 spiro atoms. The zero-order chi connectivity index (χ0) is 13.9. The van der Waals surface area contributed by atoms with Crippen LogP contribution >= 0.6 is 0 Å². The van der Waals surface area contributed by atoms with Crippen LogP contribution in [0.25, 0.3) is 0 Å². The summed E-state index contributed by atoms with van der Waals surface area (Å²) < 4.78 is 0. The number of hydrogen-bond donors (Lipinski definition) is 2. The Labute approximate surface area is 117 Å². The van der Waals surface area contributed by atoms with E-state index in [0.29, 0.717) is 6.54 Å². The van der Waals surface area contributed by atoms with Gasteiger partial charge in [0, 0.05) is 12.0 Å². The van der Waals surface area contributed by atoms with E-state index >= 15 is 0 Å². The third kappa shape index (κ3) is 2.44. The Kier molecular flexibility index (Phi) is 4.32. The minimum absolute atomic E-state index is 0.157. The Bertz CT molecular complexity index is 395. The molecule has 1 unspecified atom stereocenters. The van der Waals surface area contributed by atoms with Crippen LogP contribution in [0.5, 0.6) is 0 Å². The molecular weight excluding hydrogens is 234 g/mol. The van der Waals surface area contributed by atoms with Crippen molar-refractivity contribution >= 4 is 0 Å². The molecule has 0 aromatic heterocycles. The van der Waals surface area contributed by atoms with Crippen molar-refractivity contribution in [2.75, 3.05) is 6.54 Å². The lowest BCUT2D eigenvalue weighted by Gasteiger charge is -2.50. The molecule has 0 heterocycles. The Hall–Kier alpha value is -0.860. The van der Waals surface area contributed by atoms with Crippen molar-refractivity contribution in [3.8, 4) is 0 Å². The summed E-state index contributed by atoms with van der Waals surface area (Å²) in [5, 5.41) is 11.4. The van der Waals surface area contributed by atoms with E-state index in [4.69, 9.17) is 5.73 Å². The van der Waals surface area contributed by atoms with Gasteiger partial charge in [-0.25, -0.2) is 0 Å². The first-order valence-corrected chi connectivity index (χ1v) is 7.56. The molecule has 0 radical (unpaired) electrons. The van der Waals surface area contributed by atoms with E-state index in [1.807, 2.05) is 30.3 Å². The molecule has 1 aromatic rings. The van der Waals surface area contributed by atoms with Gasteiger partial charge in [-0.2, -0.15) is 0 Å². The number of rotatable bonds is 4. The van der Waals surface area contributed by atoms with Gasteiger partial charge in [0.25, 0.3) is 0 Å². The Morgan fingerprint density at radius 1 is 1.26 bits per heavy atom. The molecule has 2 heteroatoms. The lowest BCUT2D eigenvalue weighted by Crippen LogP contribution is -2.52. The smallest absolute Gasteiger partial charge is 0.0961 e. The molecule has 1 fully saturated rings. The first kappa shape index (κ1) is 14.5. The number of aliphatic hydroxyl groups is 1. The van der Waals surface area contributed by atoms with Gasteiger partial charge in [0.1, 0.15) is 0 Å². The Balaban J connectivity index is 2.38. The van der Waals surface area contributed by atoms with Gasteiger partial charge in [0.2, 0.25) is 0 Å². The van der Waals surface area contributed by atoms with Gasteiger partial charge in [0.05, 0.1) is 5.60 Å². The minimum atomic E-state index is -0.789. The molecule has 0 amide bonds. The third-order valence-corrected chi connectivity index (χ3v) is 5.26. The highest BCUT2D eigenvalue weighted by Crippen LogP contribution is 2.52. The maximum Gasteiger partial charge on any atom is 0.0961 e. The van der Waals surface area contributed by atoms with Crippen LogP contribution < -0.4 is 5.73 Å². The maximum atomic E-state index is 11.4. The van der Waals surface area contributed by atoms with Gasteiger partial charge in [-0.15, -0.1) is 0 Å². The van der Waals surface area contributed by atoms with Gasteiger partial charge in [-0.1, -0.05) is 57.0 Å². The van der Waals surface area contributed by atoms with Crippen LogP contribution in [0.2, 0.25) is 0 Å². The molecule has 1 aliphatic carbocycles. The average molecular weight is 261 g/mol. The van der Waals surface area contributed by atoms with Gasteiger partial charge in [-0.3, -0.25) is 0 Å². The van der Waals surface area contributed by atoms with Gasteiger partial charge in [0.15, 0.2) is 0 Å². The molecule has 2 rings (SSSR count). The highest BCUT2D eigenvalue weighted by Gasteiger charge is 2.50. The predicted molar refractivity (Wildman–Crippen MR) is 79.7 cm³/mol. The van der Waals surface area contributed by atoms with Crippen LogP contribution in [0.4, 0.5) is 0 Å². The molecule has 106 valence electrons. The number of nitrogens with two attached hydrogens (primary N) is 1. The molecule has 19 heavy (non-hydrogen) atoms. The zero-order valence-corrected chi connectivity index (χ0v) is 12.2. The summed E-state index contributed by atoms with van der Waals surface area (Å²) in [6.07, 6.45) is 5.13. The highest BCUT2D eigenvalue weighted by atomic mass is 16.3. The summed E-state index contributed by atoms with van der Waals surface area (Å²) in [5.41, 5.74) is 6.20. The molecule has 0 saturated heterocycles. The molecular formula is C17H27NO. The van der Waals surface area contributed by atoms with Crippen molar-refractivity contribution in [1.82, 2.24) is 0 Å². The quantitative estimate of drug-likeness (QED) is 0.872. The molecule has 1 aliphatic rings. The second-order valence-corrected chi connectivity index (χ2v) is 6.25. The van der Waals surface area contributed by atoms with E-state index in [9.17, 15) is 5.11 Å². The summed E-state index contributed by atoms with van der Waals surface area (Å²) >= 11 is 0. The Morgan fingerprint density at radius 3 is 2.32 bits per heavy atom. The van der Waals surface area contributed by atoms with Crippen LogP contribution in [0, 0.1) is 11.3 Å². The van der Waals surface area contributed by atoms with E-state index in [0.717, 1.165) is 30.7 Å². The monoisotopic (exact) mass is 261 g/mol. The minimum Gasteiger partial charge on any atom is -0.385 e. The topological polar surface area (TPSA) is 46.2 Å². The van der Waals surface area contributed by atoms with Crippen LogP contribution in [-0.2, 0) is 5.60 Å². The van der Waals surface area contributed by atoms with Crippen molar-refractivity contribution in [2.45, 2.75) is 51.6 Å². The molecule has 0 aliphatic heterocycles. The van der Waals surface area contributed by atoms with Crippen LogP contribution in [0.1, 0.15) is 51.5 Å². The van der Waals surface area contributed by atoms with Crippen molar-refractivity contribution in [2.24, 2.45) is 17.1 Å². The molecule has 1 atom stereocenters. The third-order valence-electron chi connectivity index (χ3n) is 5.26. The molecule has 3 N–H and O–H groups in total. The van der Waals surface area contributed by atoms with E-state index in [2.05, 4.69) is 13.8 Å². The number of benzene rings is 1. The van der Waals surface area contributed by atoms with Gasteiger partial charge in [-0.05, 0) is 30.7 Å². The predicted octanol–water partition coefficient (Wildman–Crippen LogP) is 3.44. The molecule has 1 saturated carbocycles. The molecule has 2 nitrogen and oxygen atoms in total. The van der Waals surface area contributed by atoms with Crippen molar-refractivity contribution in [1.29, 1.82) is 0 Å². The Morgan fingerprint density at radius 2 is 1.84 bits per heavy atom. The fourth-order valence-corrected chi connectivity index (χ4v) is 3.70. The maximum absolute atomic E-state index is 11.4. The number of hydrogen-bond acceptors (Lipinski definition) is 2. The highest BCUT2D eigenvalue weighted by molar-refractivity contribution is 5.26. The first-order valence-electron chi connectivity index (χ1n) is 7.56. The SMILES string of the molecule is CCC(O)(c1ccccc1)C1(CN)CCC(C)CC1. The van der Waals surface area contributed by atoms with Gasteiger partial charge < -0.3 is 10.8 Å². The largest absolute Gasteiger partial charge is 0.385 e. The van der Waals surface area contributed by atoms with E-state index in [1.165, 1.54) is 12.8 Å². The van der Waals surface area contributed by atoms with E-state index in [1.54, 1.807) is 0 Å². The van der Waals surface area contributed by atoms with E-state index in [-0.39, 0.29) is 5.41 Å². The lowest BCUT2D eigenvalue weighted by molar-refractivity contribution is -0.114. The summed E-state index contributed by atoms with van der Waals surface area (Å²) in [7, 11) is 0. The average Bonchev–Trinajstić information content (AvgIpc) is 2.48. The second-order valence-electron chi connectivity index (χ2n) is 6.25.